The van der Waals surface area contributed by atoms with Gasteiger partial charge in [0.05, 0.1) is 11.6 Å². The molecule has 0 fully saturated rings. The van der Waals surface area contributed by atoms with Gasteiger partial charge < -0.3 is 16.2 Å². The summed E-state index contributed by atoms with van der Waals surface area (Å²) < 4.78 is 0. The van der Waals surface area contributed by atoms with E-state index in [1.807, 2.05) is 13.8 Å². The van der Waals surface area contributed by atoms with Gasteiger partial charge in [0.25, 0.3) is 0 Å². The normalized spacial score (nSPS) is 13.6. The molecular formula is C15H22N2O3. The van der Waals surface area contributed by atoms with Gasteiger partial charge in [0.2, 0.25) is 5.91 Å². The molecular weight excluding hydrogens is 256 g/mol. The number of nitrogens with two attached hydrogens (primary N) is 1. The second-order valence-corrected chi connectivity index (χ2v) is 4.91. The van der Waals surface area contributed by atoms with Crippen molar-refractivity contribution in [2.75, 3.05) is 6.54 Å². The van der Waals surface area contributed by atoms with E-state index in [0.717, 1.165) is 6.42 Å². The minimum Gasteiger partial charge on any atom is -0.478 e. The molecule has 1 amide bonds. The molecule has 110 valence electrons. The SMILES string of the molecule is CC[C@H](C)[C@H](N)C(=O)NCCc1ccccc1C(=O)O. The minimum absolute atomic E-state index is 0.126. The summed E-state index contributed by atoms with van der Waals surface area (Å²) >= 11 is 0. The Bertz CT molecular complexity index is 474. The van der Waals surface area contributed by atoms with E-state index in [2.05, 4.69) is 5.32 Å². The van der Waals surface area contributed by atoms with Crippen LogP contribution >= 0.6 is 0 Å². The molecule has 1 aromatic carbocycles. The molecule has 5 heteroatoms. The van der Waals surface area contributed by atoms with Gasteiger partial charge in [-0.3, -0.25) is 4.79 Å². The van der Waals surface area contributed by atoms with Crippen molar-refractivity contribution in [3.05, 3.63) is 35.4 Å². The summed E-state index contributed by atoms with van der Waals surface area (Å²) in [7, 11) is 0. The zero-order valence-corrected chi connectivity index (χ0v) is 11.9. The molecule has 0 aliphatic carbocycles. The van der Waals surface area contributed by atoms with Crippen molar-refractivity contribution in [2.24, 2.45) is 11.7 Å². The highest BCUT2D eigenvalue weighted by atomic mass is 16.4. The Kier molecular flexibility index (Phi) is 6.18. The number of carbonyl (C=O) groups excluding carboxylic acids is 1. The van der Waals surface area contributed by atoms with Crippen molar-refractivity contribution in [3.63, 3.8) is 0 Å². The predicted molar refractivity (Wildman–Crippen MR) is 77.5 cm³/mol. The summed E-state index contributed by atoms with van der Waals surface area (Å²) in [6, 6.07) is 6.27. The minimum atomic E-state index is -0.955. The topological polar surface area (TPSA) is 92.4 Å². The lowest BCUT2D eigenvalue weighted by atomic mass is 9.99. The molecule has 4 N–H and O–H groups in total. The third-order valence-corrected chi connectivity index (χ3v) is 3.50. The van der Waals surface area contributed by atoms with E-state index in [1.165, 1.54) is 0 Å². The number of benzene rings is 1. The third-order valence-electron chi connectivity index (χ3n) is 3.50. The number of aromatic carboxylic acids is 1. The Morgan fingerprint density at radius 3 is 2.60 bits per heavy atom. The monoisotopic (exact) mass is 278 g/mol. The molecule has 5 nitrogen and oxygen atoms in total. The second-order valence-electron chi connectivity index (χ2n) is 4.91. The summed E-state index contributed by atoms with van der Waals surface area (Å²) in [6.45, 7) is 4.30. The molecule has 0 aliphatic heterocycles. The predicted octanol–water partition coefficient (Wildman–Crippen LogP) is 1.42. The standard InChI is InChI=1S/C15H22N2O3/c1-3-10(2)13(16)14(18)17-9-8-11-6-4-5-7-12(11)15(19)20/h4-7,10,13H,3,8-9,16H2,1-2H3,(H,17,18)(H,19,20)/t10-,13-/m0/s1. The molecule has 2 atom stereocenters. The van der Waals surface area contributed by atoms with E-state index in [-0.39, 0.29) is 17.4 Å². The number of hydrogen-bond acceptors (Lipinski definition) is 3. The molecule has 0 radical (unpaired) electrons. The van der Waals surface area contributed by atoms with Gasteiger partial charge in [0.15, 0.2) is 0 Å². The fourth-order valence-corrected chi connectivity index (χ4v) is 1.90. The van der Waals surface area contributed by atoms with E-state index in [1.54, 1.807) is 24.3 Å². The molecule has 0 saturated carbocycles. The fourth-order valence-electron chi connectivity index (χ4n) is 1.90. The molecule has 0 unspecified atom stereocenters. The van der Waals surface area contributed by atoms with Crippen LogP contribution in [0.5, 0.6) is 0 Å². The quantitative estimate of drug-likeness (QED) is 0.703. The number of carboxylic acid groups (broad SMARTS) is 1. The van der Waals surface area contributed by atoms with Gasteiger partial charge in [-0.25, -0.2) is 4.79 Å². The molecule has 0 aromatic heterocycles. The smallest absolute Gasteiger partial charge is 0.335 e. The van der Waals surface area contributed by atoms with E-state index < -0.39 is 12.0 Å². The van der Waals surface area contributed by atoms with Crippen LogP contribution in [0.3, 0.4) is 0 Å². The summed E-state index contributed by atoms with van der Waals surface area (Å²) in [6.07, 6.45) is 1.32. The Hall–Kier alpha value is -1.88. The van der Waals surface area contributed by atoms with E-state index in [0.29, 0.717) is 18.5 Å². The number of carbonyl (C=O) groups is 2. The van der Waals surface area contributed by atoms with Crippen molar-refractivity contribution in [3.8, 4) is 0 Å². The van der Waals surface area contributed by atoms with Crippen molar-refractivity contribution < 1.29 is 14.7 Å². The summed E-state index contributed by atoms with van der Waals surface area (Å²) in [5.41, 5.74) is 6.80. The molecule has 1 rings (SSSR count). The summed E-state index contributed by atoms with van der Waals surface area (Å²) in [5, 5.41) is 11.8. The summed E-state index contributed by atoms with van der Waals surface area (Å²) in [5.74, 6) is -1.02. The Labute approximate surface area is 119 Å². The van der Waals surface area contributed by atoms with Crippen LogP contribution in [-0.2, 0) is 11.2 Å². The lowest BCUT2D eigenvalue weighted by Gasteiger charge is -2.17. The van der Waals surface area contributed by atoms with Gasteiger partial charge in [-0.1, -0.05) is 38.5 Å². The zero-order valence-electron chi connectivity index (χ0n) is 11.9. The Balaban J connectivity index is 2.53. The highest BCUT2D eigenvalue weighted by molar-refractivity contribution is 5.89. The van der Waals surface area contributed by atoms with E-state index in [4.69, 9.17) is 10.8 Å². The molecule has 0 aliphatic rings. The van der Waals surface area contributed by atoms with Gasteiger partial charge in [-0.05, 0) is 24.0 Å². The molecule has 0 spiro atoms. The largest absolute Gasteiger partial charge is 0.478 e. The molecule has 0 heterocycles. The van der Waals surface area contributed by atoms with Crippen LogP contribution < -0.4 is 11.1 Å². The second kappa shape index (κ2) is 7.65. The molecule has 0 bridgehead atoms. The number of rotatable bonds is 7. The average Bonchev–Trinajstić information content (AvgIpc) is 2.45. The first-order valence-corrected chi connectivity index (χ1v) is 6.81. The Morgan fingerprint density at radius 1 is 1.35 bits per heavy atom. The highest BCUT2D eigenvalue weighted by Gasteiger charge is 2.18. The number of carboxylic acids is 1. The summed E-state index contributed by atoms with van der Waals surface area (Å²) in [4.78, 5) is 22.8. The van der Waals surface area contributed by atoms with Gasteiger partial charge in [-0.2, -0.15) is 0 Å². The lowest BCUT2D eigenvalue weighted by Crippen LogP contribution is -2.45. The van der Waals surface area contributed by atoms with E-state index >= 15 is 0 Å². The van der Waals surface area contributed by atoms with Crippen LogP contribution in [0.1, 0.15) is 36.2 Å². The Morgan fingerprint density at radius 2 is 2.00 bits per heavy atom. The van der Waals surface area contributed by atoms with Gasteiger partial charge in [0.1, 0.15) is 0 Å². The van der Waals surface area contributed by atoms with Crippen molar-refractivity contribution in [2.45, 2.75) is 32.7 Å². The third kappa shape index (κ3) is 4.35. The number of hydrogen-bond donors (Lipinski definition) is 3. The maximum atomic E-state index is 11.8. The first-order valence-electron chi connectivity index (χ1n) is 6.81. The average molecular weight is 278 g/mol. The van der Waals surface area contributed by atoms with Crippen LogP contribution in [0.25, 0.3) is 0 Å². The van der Waals surface area contributed by atoms with Crippen LogP contribution in [0.2, 0.25) is 0 Å². The first kappa shape index (κ1) is 16.2. The lowest BCUT2D eigenvalue weighted by molar-refractivity contribution is -0.123. The molecule has 0 saturated heterocycles. The van der Waals surface area contributed by atoms with Gasteiger partial charge in [-0.15, -0.1) is 0 Å². The van der Waals surface area contributed by atoms with Crippen molar-refractivity contribution in [1.82, 2.24) is 5.32 Å². The van der Waals surface area contributed by atoms with Crippen LogP contribution in [0, 0.1) is 5.92 Å². The fraction of sp³-hybridized carbons (Fsp3) is 0.467. The molecule has 1 aromatic rings. The molecule has 20 heavy (non-hydrogen) atoms. The maximum Gasteiger partial charge on any atom is 0.335 e. The highest BCUT2D eigenvalue weighted by Crippen LogP contribution is 2.09. The first-order chi connectivity index (χ1) is 9.47. The van der Waals surface area contributed by atoms with Crippen LogP contribution in [0.15, 0.2) is 24.3 Å². The number of amides is 1. The maximum absolute atomic E-state index is 11.8. The van der Waals surface area contributed by atoms with E-state index in [9.17, 15) is 9.59 Å². The van der Waals surface area contributed by atoms with Crippen molar-refractivity contribution >= 4 is 11.9 Å². The van der Waals surface area contributed by atoms with Gasteiger partial charge >= 0.3 is 5.97 Å². The van der Waals surface area contributed by atoms with Gasteiger partial charge in [0, 0.05) is 6.54 Å². The van der Waals surface area contributed by atoms with Crippen LogP contribution in [-0.4, -0.2) is 29.6 Å². The van der Waals surface area contributed by atoms with Crippen LogP contribution in [0.4, 0.5) is 0 Å². The number of nitrogens with one attached hydrogen (secondary N) is 1. The van der Waals surface area contributed by atoms with Crippen molar-refractivity contribution in [1.29, 1.82) is 0 Å². The zero-order chi connectivity index (χ0) is 15.1.